The summed E-state index contributed by atoms with van der Waals surface area (Å²) < 4.78 is 0. The van der Waals surface area contributed by atoms with E-state index in [0.29, 0.717) is 24.9 Å². The molecule has 0 saturated heterocycles. The van der Waals surface area contributed by atoms with Crippen molar-refractivity contribution in [2.45, 2.75) is 38.3 Å². The molecule has 0 fully saturated rings. The van der Waals surface area contributed by atoms with E-state index in [1.165, 1.54) is 0 Å². The Bertz CT molecular complexity index is 782. The smallest absolute Gasteiger partial charge is 0.326 e. The van der Waals surface area contributed by atoms with Gasteiger partial charge in [0.2, 0.25) is 0 Å². The van der Waals surface area contributed by atoms with Crippen LogP contribution >= 0.6 is 0 Å². The van der Waals surface area contributed by atoms with Crippen LogP contribution in [0.5, 0.6) is 0 Å². The van der Waals surface area contributed by atoms with Crippen LogP contribution < -0.4 is 21.3 Å². The lowest BCUT2D eigenvalue weighted by atomic mass is 10.1. The number of urea groups is 2. The monoisotopic (exact) mass is 438 g/mol. The van der Waals surface area contributed by atoms with E-state index in [9.17, 15) is 24.0 Å². The quantitative estimate of drug-likeness (QED) is 0.211. The zero-order valence-electron chi connectivity index (χ0n) is 16.7. The highest BCUT2D eigenvalue weighted by molar-refractivity contribution is 5.84. The number of hydrogen-bond acceptors (Lipinski definition) is 5. The van der Waals surface area contributed by atoms with E-state index in [0.717, 1.165) is 5.56 Å². The predicted octanol–water partition coefficient (Wildman–Crippen LogP) is 0.120. The van der Waals surface area contributed by atoms with Crippen molar-refractivity contribution in [2.75, 3.05) is 13.1 Å². The van der Waals surface area contributed by atoms with Gasteiger partial charge >= 0.3 is 30.0 Å². The lowest BCUT2D eigenvalue weighted by Gasteiger charge is -2.14. The largest absolute Gasteiger partial charge is 0.481 e. The van der Waals surface area contributed by atoms with Gasteiger partial charge in [-0.25, -0.2) is 14.4 Å². The fourth-order valence-corrected chi connectivity index (χ4v) is 2.49. The molecule has 0 bridgehead atoms. The van der Waals surface area contributed by atoms with E-state index < -0.39 is 42.6 Å². The average molecular weight is 438 g/mol. The molecular formula is C19H26N4O8. The Morgan fingerprint density at radius 1 is 0.774 bits per heavy atom. The summed E-state index contributed by atoms with van der Waals surface area (Å²) in [6, 6.07) is 4.34. The number of carboxylic acid groups (broad SMARTS) is 3. The molecule has 4 amide bonds. The molecule has 170 valence electrons. The summed E-state index contributed by atoms with van der Waals surface area (Å²) in [6.07, 6.45) is 0.919. The summed E-state index contributed by atoms with van der Waals surface area (Å²) in [7, 11) is 0. The highest BCUT2D eigenvalue weighted by Gasteiger charge is 2.19. The van der Waals surface area contributed by atoms with Gasteiger partial charge in [-0.05, 0) is 30.4 Å². The molecular weight excluding hydrogens is 412 g/mol. The lowest BCUT2D eigenvalue weighted by Crippen LogP contribution is -2.47. The number of unbranched alkanes of at least 4 members (excludes halogenated alkanes) is 1. The van der Waals surface area contributed by atoms with Crippen LogP contribution in [0.1, 0.15) is 30.4 Å². The number of aliphatic carboxylic acids is 3. The number of benzene rings is 1. The van der Waals surface area contributed by atoms with Crippen molar-refractivity contribution in [1.82, 2.24) is 21.3 Å². The molecule has 1 aromatic carbocycles. The molecule has 7 N–H and O–H groups in total. The van der Waals surface area contributed by atoms with Crippen LogP contribution in [0.4, 0.5) is 9.59 Å². The Hall–Kier alpha value is -3.83. The topological polar surface area (TPSA) is 194 Å². The zero-order chi connectivity index (χ0) is 23.2. The van der Waals surface area contributed by atoms with E-state index >= 15 is 0 Å². The minimum atomic E-state index is -1.25. The molecule has 0 radical (unpaired) electrons. The van der Waals surface area contributed by atoms with E-state index in [1.54, 1.807) is 24.3 Å². The van der Waals surface area contributed by atoms with E-state index in [1.807, 2.05) is 5.32 Å². The van der Waals surface area contributed by atoms with Crippen LogP contribution in [-0.2, 0) is 27.3 Å². The molecule has 12 nitrogen and oxygen atoms in total. The van der Waals surface area contributed by atoms with E-state index in [4.69, 9.17) is 15.3 Å². The first-order chi connectivity index (χ1) is 14.7. The van der Waals surface area contributed by atoms with Gasteiger partial charge in [-0.1, -0.05) is 24.3 Å². The molecule has 12 heteroatoms. The number of rotatable bonds is 13. The van der Waals surface area contributed by atoms with E-state index in [2.05, 4.69) is 16.0 Å². The third kappa shape index (κ3) is 11.7. The van der Waals surface area contributed by atoms with Gasteiger partial charge < -0.3 is 36.6 Å². The number of amides is 4. The lowest BCUT2D eigenvalue weighted by molar-refractivity contribution is -0.139. The Morgan fingerprint density at radius 2 is 1.42 bits per heavy atom. The molecule has 0 aliphatic carbocycles. The molecule has 0 aromatic heterocycles. The maximum atomic E-state index is 11.8. The van der Waals surface area contributed by atoms with Crippen LogP contribution in [0.2, 0.25) is 0 Å². The van der Waals surface area contributed by atoms with Crippen molar-refractivity contribution in [1.29, 1.82) is 0 Å². The second-order valence-corrected chi connectivity index (χ2v) is 6.60. The minimum Gasteiger partial charge on any atom is -0.481 e. The highest BCUT2D eigenvalue weighted by atomic mass is 16.4. The van der Waals surface area contributed by atoms with Crippen molar-refractivity contribution < 1.29 is 39.3 Å². The van der Waals surface area contributed by atoms with Crippen molar-refractivity contribution in [2.24, 2.45) is 0 Å². The van der Waals surface area contributed by atoms with Gasteiger partial charge in [0.25, 0.3) is 0 Å². The Balaban J connectivity index is 2.23. The van der Waals surface area contributed by atoms with Crippen molar-refractivity contribution in [3.63, 3.8) is 0 Å². The first-order valence-electron chi connectivity index (χ1n) is 9.47. The first kappa shape index (κ1) is 25.2. The fraction of sp³-hybridized carbons (Fsp3) is 0.421. The van der Waals surface area contributed by atoms with Crippen molar-refractivity contribution in [3.05, 3.63) is 35.4 Å². The Labute approximate surface area is 178 Å². The van der Waals surface area contributed by atoms with Gasteiger partial charge in [0.15, 0.2) is 0 Å². The van der Waals surface area contributed by atoms with Gasteiger partial charge in [-0.2, -0.15) is 0 Å². The first-order valence-corrected chi connectivity index (χ1v) is 9.47. The van der Waals surface area contributed by atoms with Crippen molar-refractivity contribution in [3.8, 4) is 0 Å². The summed E-state index contributed by atoms with van der Waals surface area (Å²) in [5.41, 5.74) is 1.47. The normalized spacial score (nSPS) is 11.1. The summed E-state index contributed by atoms with van der Waals surface area (Å²) in [4.78, 5) is 55.5. The molecule has 1 unspecified atom stereocenters. The summed E-state index contributed by atoms with van der Waals surface area (Å²) in [5, 5.41) is 35.8. The van der Waals surface area contributed by atoms with Crippen LogP contribution in [0.3, 0.4) is 0 Å². The second kappa shape index (κ2) is 13.4. The molecule has 1 rings (SSSR count). The SMILES string of the molecule is O=C(O)CNC(=O)NC(CCCCNC(=O)NCc1ccc(CC(=O)O)cc1)C(=O)O. The summed E-state index contributed by atoms with van der Waals surface area (Å²) in [5.74, 6) is -3.41. The van der Waals surface area contributed by atoms with Gasteiger partial charge in [0.1, 0.15) is 12.6 Å². The molecule has 1 aromatic rings. The Morgan fingerprint density at radius 3 is 2.00 bits per heavy atom. The van der Waals surface area contributed by atoms with E-state index in [-0.39, 0.29) is 19.4 Å². The van der Waals surface area contributed by atoms with Crippen LogP contribution in [0.25, 0.3) is 0 Å². The molecule has 1 atom stereocenters. The molecule has 0 spiro atoms. The van der Waals surface area contributed by atoms with Gasteiger partial charge in [0, 0.05) is 13.1 Å². The highest BCUT2D eigenvalue weighted by Crippen LogP contribution is 2.05. The number of carbonyl (C=O) groups excluding carboxylic acids is 2. The summed E-state index contributed by atoms with van der Waals surface area (Å²) >= 11 is 0. The predicted molar refractivity (Wildman–Crippen MR) is 107 cm³/mol. The van der Waals surface area contributed by atoms with Crippen LogP contribution in [0, 0.1) is 0 Å². The maximum Gasteiger partial charge on any atom is 0.326 e. The fourth-order valence-electron chi connectivity index (χ4n) is 2.49. The maximum absolute atomic E-state index is 11.8. The van der Waals surface area contributed by atoms with Gasteiger partial charge in [-0.15, -0.1) is 0 Å². The zero-order valence-corrected chi connectivity index (χ0v) is 16.7. The molecule has 0 aliphatic rings. The van der Waals surface area contributed by atoms with Crippen molar-refractivity contribution >= 4 is 30.0 Å². The standard InChI is InChI=1S/C19H26N4O8/c24-15(25)9-12-4-6-13(7-5-12)10-21-18(30)20-8-2-1-3-14(17(28)29)23-19(31)22-11-16(26)27/h4-7,14H,1-3,8-11H2,(H,24,25)(H,26,27)(H,28,29)(H2,20,21,30)(H2,22,23,31). The number of hydrogen-bond donors (Lipinski definition) is 7. The number of carboxylic acids is 3. The molecule has 0 heterocycles. The van der Waals surface area contributed by atoms with Crippen LogP contribution in [0.15, 0.2) is 24.3 Å². The van der Waals surface area contributed by atoms with Gasteiger partial charge in [0.05, 0.1) is 6.42 Å². The minimum absolute atomic E-state index is 0.0700. The third-order valence-electron chi connectivity index (χ3n) is 4.04. The number of carbonyl (C=O) groups is 5. The second-order valence-electron chi connectivity index (χ2n) is 6.60. The van der Waals surface area contributed by atoms with Gasteiger partial charge in [-0.3, -0.25) is 9.59 Å². The van der Waals surface area contributed by atoms with Crippen LogP contribution in [-0.4, -0.2) is 64.4 Å². The molecule has 31 heavy (non-hydrogen) atoms. The average Bonchev–Trinajstić information content (AvgIpc) is 2.70. The molecule has 0 saturated carbocycles. The molecule has 0 aliphatic heterocycles. The third-order valence-corrected chi connectivity index (χ3v) is 4.04. The number of nitrogens with one attached hydrogen (secondary N) is 4. The summed E-state index contributed by atoms with van der Waals surface area (Å²) in [6.45, 7) is -0.0692. The Kier molecular flexibility index (Phi) is 10.9.